The van der Waals surface area contributed by atoms with Crippen molar-refractivity contribution in [1.82, 2.24) is 20.7 Å². The third-order valence-electron chi connectivity index (χ3n) is 3.50. The molecule has 21 heavy (non-hydrogen) atoms. The summed E-state index contributed by atoms with van der Waals surface area (Å²) in [4.78, 5) is 18.2. The van der Waals surface area contributed by atoms with Gasteiger partial charge in [0.15, 0.2) is 0 Å². The Morgan fingerprint density at radius 1 is 1.33 bits per heavy atom. The topological polar surface area (TPSA) is 60.0 Å². The van der Waals surface area contributed by atoms with Crippen LogP contribution in [0, 0.1) is 0 Å². The van der Waals surface area contributed by atoms with E-state index >= 15 is 0 Å². The molecule has 3 rings (SSSR count). The number of hydrogen-bond donors (Lipinski definition) is 2. The highest BCUT2D eigenvalue weighted by Gasteiger charge is 2.25. The number of hydrazine groups is 1. The summed E-state index contributed by atoms with van der Waals surface area (Å²) in [5.74, 6) is 0.573. The molecule has 0 aliphatic carbocycles. The molecule has 3 aliphatic heterocycles. The van der Waals surface area contributed by atoms with Crippen LogP contribution < -0.4 is 10.7 Å². The van der Waals surface area contributed by atoms with E-state index in [1.54, 1.807) is 18.0 Å². The predicted molar refractivity (Wildman–Crippen MR) is 85.0 cm³/mol. The normalized spacial score (nSPS) is 23.5. The summed E-state index contributed by atoms with van der Waals surface area (Å²) in [6.45, 7) is 2.59. The van der Waals surface area contributed by atoms with Crippen LogP contribution >= 0.6 is 15.9 Å². The Bertz CT molecular complexity index is 671. The summed E-state index contributed by atoms with van der Waals surface area (Å²) < 4.78 is 0.939. The molecule has 110 valence electrons. The van der Waals surface area contributed by atoms with Crippen LogP contribution in [-0.4, -0.2) is 42.2 Å². The van der Waals surface area contributed by atoms with E-state index in [4.69, 9.17) is 0 Å². The Morgan fingerprint density at radius 3 is 2.86 bits per heavy atom. The molecule has 0 fully saturated rings. The Balaban J connectivity index is 1.93. The first kappa shape index (κ1) is 13.9. The van der Waals surface area contributed by atoms with Gasteiger partial charge in [-0.1, -0.05) is 15.9 Å². The molecular formula is C14H16BrN5O. The number of allylic oxidation sites excluding steroid dienone is 2. The third kappa shape index (κ3) is 2.49. The molecule has 0 aromatic rings. The molecule has 0 spiro atoms. The van der Waals surface area contributed by atoms with Gasteiger partial charge in [-0.25, -0.2) is 4.99 Å². The summed E-state index contributed by atoms with van der Waals surface area (Å²) in [5, 5.41) is 5.06. The average Bonchev–Trinajstić information content (AvgIpc) is 2.70. The van der Waals surface area contributed by atoms with Gasteiger partial charge in [0.05, 0.1) is 12.2 Å². The first-order valence-electron chi connectivity index (χ1n) is 6.56. The largest absolute Gasteiger partial charge is 0.344 e. The van der Waals surface area contributed by atoms with Crippen LogP contribution in [0.4, 0.5) is 0 Å². The van der Waals surface area contributed by atoms with E-state index in [9.17, 15) is 4.79 Å². The number of amides is 1. The predicted octanol–water partition coefficient (Wildman–Crippen LogP) is 1.19. The van der Waals surface area contributed by atoms with E-state index in [1.165, 1.54) is 0 Å². The number of halogens is 1. The minimum Gasteiger partial charge on any atom is -0.344 e. The monoisotopic (exact) mass is 349 g/mol. The van der Waals surface area contributed by atoms with Crippen molar-refractivity contribution in [2.24, 2.45) is 4.99 Å². The number of rotatable bonds is 1. The van der Waals surface area contributed by atoms with Crippen molar-refractivity contribution in [1.29, 1.82) is 0 Å². The van der Waals surface area contributed by atoms with Gasteiger partial charge in [-0.05, 0) is 19.1 Å². The van der Waals surface area contributed by atoms with Gasteiger partial charge in [-0.2, -0.15) is 0 Å². The molecule has 2 N–H and O–H groups in total. The zero-order valence-electron chi connectivity index (χ0n) is 12.1. The van der Waals surface area contributed by atoms with Crippen molar-refractivity contribution in [3.05, 3.63) is 45.6 Å². The number of likely N-dealkylation sites (N-methyl/N-ethyl adjacent to an activating group) is 2. The van der Waals surface area contributed by atoms with Gasteiger partial charge in [0.2, 0.25) is 0 Å². The van der Waals surface area contributed by atoms with E-state index in [-0.39, 0.29) is 5.91 Å². The fourth-order valence-corrected chi connectivity index (χ4v) is 3.04. The standard InChI is InChI=1S/C14H16BrN5O/c1-8-10-5-13(16-6-12(10)20(3)18-8)17-11-4-9(15)7-19(2)14(11)21/h4-6,16,18H,7H2,1-3H3. The maximum atomic E-state index is 12.1. The molecule has 0 saturated carbocycles. The number of hydrogen-bond acceptors (Lipinski definition) is 5. The second-order valence-electron chi connectivity index (χ2n) is 5.16. The van der Waals surface area contributed by atoms with Crippen molar-refractivity contribution >= 4 is 27.5 Å². The van der Waals surface area contributed by atoms with Crippen LogP contribution in [0.5, 0.6) is 0 Å². The number of nitrogens with one attached hydrogen (secondary N) is 2. The molecule has 0 saturated heterocycles. The van der Waals surface area contributed by atoms with Gasteiger partial charge in [-0.15, -0.1) is 0 Å². The van der Waals surface area contributed by atoms with Crippen molar-refractivity contribution in [2.75, 3.05) is 20.6 Å². The molecular weight excluding hydrogens is 334 g/mol. The SMILES string of the molecule is CC1=C2C=C(N=C3C=C(Br)CN(C)C3=O)NC=C2N(C)N1. The molecule has 0 aromatic heterocycles. The Kier molecular flexibility index (Phi) is 3.36. The molecule has 0 radical (unpaired) electrons. The lowest BCUT2D eigenvalue weighted by atomic mass is 10.1. The van der Waals surface area contributed by atoms with Crippen molar-refractivity contribution in [3.63, 3.8) is 0 Å². The second kappa shape index (κ2) is 5.07. The number of fused-ring (bicyclic) bond motifs is 1. The number of dihydropyridines is 1. The average molecular weight is 350 g/mol. The molecule has 1 amide bonds. The van der Waals surface area contributed by atoms with Crippen LogP contribution in [0.3, 0.4) is 0 Å². The van der Waals surface area contributed by atoms with Crippen molar-refractivity contribution in [2.45, 2.75) is 6.92 Å². The van der Waals surface area contributed by atoms with Gasteiger partial charge < -0.3 is 15.6 Å². The van der Waals surface area contributed by atoms with Crippen LogP contribution in [-0.2, 0) is 4.79 Å². The van der Waals surface area contributed by atoms with Gasteiger partial charge >= 0.3 is 0 Å². The lowest BCUT2D eigenvalue weighted by molar-refractivity contribution is -0.122. The molecule has 7 heteroatoms. The molecule has 6 nitrogen and oxygen atoms in total. The summed E-state index contributed by atoms with van der Waals surface area (Å²) >= 11 is 3.43. The summed E-state index contributed by atoms with van der Waals surface area (Å²) in [7, 11) is 3.71. The van der Waals surface area contributed by atoms with Gasteiger partial charge in [0.25, 0.3) is 5.91 Å². The first-order valence-corrected chi connectivity index (χ1v) is 7.35. The van der Waals surface area contributed by atoms with Gasteiger partial charge in [-0.3, -0.25) is 9.80 Å². The lowest BCUT2D eigenvalue weighted by Crippen LogP contribution is -2.37. The number of aliphatic imine (C=N–C) groups is 1. The molecule has 3 heterocycles. The minimum absolute atomic E-state index is 0.0805. The van der Waals surface area contributed by atoms with E-state index in [0.717, 1.165) is 21.4 Å². The Hall–Kier alpha value is -2.02. The zero-order valence-corrected chi connectivity index (χ0v) is 13.7. The highest BCUT2D eigenvalue weighted by molar-refractivity contribution is 9.11. The van der Waals surface area contributed by atoms with E-state index in [0.29, 0.717) is 18.1 Å². The maximum absolute atomic E-state index is 12.1. The van der Waals surface area contributed by atoms with Crippen LogP contribution in [0.25, 0.3) is 0 Å². The highest BCUT2D eigenvalue weighted by atomic mass is 79.9. The maximum Gasteiger partial charge on any atom is 0.272 e. The van der Waals surface area contributed by atoms with Crippen molar-refractivity contribution < 1.29 is 4.79 Å². The summed E-state index contributed by atoms with van der Waals surface area (Å²) in [6, 6.07) is 0. The van der Waals surface area contributed by atoms with Crippen LogP contribution in [0.1, 0.15) is 6.92 Å². The van der Waals surface area contributed by atoms with Crippen LogP contribution in [0.15, 0.2) is 50.6 Å². The molecule has 3 aliphatic rings. The number of carbonyl (C=O) groups excluding carboxylic acids is 1. The van der Waals surface area contributed by atoms with Gasteiger partial charge in [0, 0.05) is 36.0 Å². The smallest absolute Gasteiger partial charge is 0.272 e. The van der Waals surface area contributed by atoms with Crippen LogP contribution in [0.2, 0.25) is 0 Å². The molecule has 0 aromatic carbocycles. The minimum atomic E-state index is -0.0805. The third-order valence-corrected chi connectivity index (χ3v) is 3.98. The van der Waals surface area contributed by atoms with E-state index < -0.39 is 0 Å². The van der Waals surface area contributed by atoms with E-state index in [2.05, 4.69) is 31.7 Å². The Labute approximate surface area is 131 Å². The molecule has 0 bridgehead atoms. The fourth-order valence-electron chi connectivity index (χ4n) is 2.45. The number of carbonyl (C=O) groups is 1. The van der Waals surface area contributed by atoms with E-state index in [1.807, 2.05) is 31.3 Å². The zero-order chi connectivity index (χ0) is 15.1. The quantitative estimate of drug-likeness (QED) is 0.746. The van der Waals surface area contributed by atoms with Crippen molar-refractivity contribution in [3.8, 4) is 0 Å². The molecule has 0 atom stereocenters. The fraction of sp³-hybridized carbons (Fsp3) is 0.286. The second-order valence-corrected chi connectivity index (χ2v) is 6.18. The summed E-state index contributed by atoms with van der Waals surface area (Å²) in [5.41, 5.74) is 6.84. The lowest BCUT2D eigenvalue weighted by Gasteiger charge is -2.22. The Morgan fingerprint density at radius 2 is 2.10 bits per heavy atom. The molecule has 0 unspecified atom stereocenters. The highest BCUT2D eigenvalue weighted by Crippen LogP contribution is 2.27. The summed E-state index contributed by atoms with van der Waals surface area (Å²) in [6.07, 6.45) is 5.59. The number of nitrogens with zero attached hydrogens (tertiary/aromatic N) is 3. The van der Waals surface area contributed by atoms with Gasteiger partial charge in [0.1, 0.15) is 11.5 Å². The first-order chi connectivity index (χ1) is 9.95.